The van der Waals surface area contributed by atoms with Gasteiger partial charge in [-0.3, -0.25) is 4.98 Å². The van der Waals surface area contributed by atoms with E-state index in [0.29, 0.717) is 36.8 Å². The van der Waals surface area contributed by atoms with Crippen LogP contribution in [-0.2, 0) is 9.47 Å². The minimum atomic E-state index is -0.651. The molecule has 0 bridgehead atoms. The largest absolute Gasteiger partial charge is 0.497 e. The molecule has 2 amide bonds. The fourth-order valence-corrected chi connectivity index (χ4v) is 4.58. The average Bonchev–Trinajstić information content (AvgIpc) is 2.91. The molecular formula is C31H40N6O5. The second-order valence-corrected chi connectivity index (χ2v) is 12.2. The molecule has 0 radical (unpaired) electrons. The number of hydrogen-bond donors (Lipinski definition) is 2. The first kappa shape index (κ1) is 30.5. The van der Waals surface area contributed by atoms with Gasteiger partial charge in [-0.25, -0.2) is 19.6 Å². The van der Waals surface area contributed by atoms with Crippen molar-refractivity contribution in [3.63, 3.8) is 0 Å². The zero-order chi connectivity index (χ0) is 30.5. The van der Waals surface area contributed by atoms with E-state index < -0.39 is 23.4 Å². The van der Waals surface area contributed by atoms with Crippen molar-refractivity contribution in [3.8, 4) is 28.3 Å². The molecule has 2 atom stereocenters. The number of carbonyl (C=O) groups excluding carboxylic acids is 2. The summed E-state index contributed by atoms with van der Waals surface area (Å²) < 4.78 is 16.3. The van der Waals surface area contributed by atoms with Crippen LogP contribution in [-0.4, -0.2) is 70.6 Å². The molecule has 1 saturated heterocycles. The highest BCUT2D eigenvalue weighted by molar-refractivity contribution is 5.71. The van der Waals surface area contributed by atoms with Gasteiger partial charge in [0.2, 0.25) is 5.95 Å². The van der Waals surface area contributed by atoms with E-state index in [0.717, 1.165) is 16.9 Å². The predicted molar refractivity (Wildman–Crippen MR) is 160 cm³/mol. The van der Waals surface area contributed by atoms with Crippen LogP contribution in [0.15, 0.2) is 54.9 Å². The Bertz CT molecular complexity index is 1330. The molecule has 0 spiro atoms. The molecule has 1 aliphatic rings. The smallest absolute Gasteiger partial charge is 0.407 e. The number of piperidine rings is 1. The highest BCUT2D eigenvalue weighted by Gasteiger charge is 2.33. The first-order valence-corrected chi connectivity index (χ1v) is 14.0. The number of nitrogens with one attached hydrogen (secondary N) is 2. The monoisotopic (exact) mass is 576 g/mol. The van der Waals surface area contributed by atoms with Gasteiger partial charge in [-0.05, 0) is 90.4 Å². The molecule has 11 heteroatoms. The van der Waals surface area contributed by atoms with Crippen LogP contribution in [0, 0.1) is 0 Å². The maximum atomic E-state index is 12.7. The van der Waals surface area contributed by atoms with E-state index in [-0.39, 0.29) is 12.1 Å². The highest BCUT2D eigenvalue weighted by Crippen LogP contribution is 2.29. The van der Waals surface area contributed by atoms with Crippen LogP contribution in [0.2, 0.25) is 0 Å². The SMILES string of the molecule is COc1ccc(-c2cc(-c3ccncc3)nc(N3CC(NC(=O)OC(C)(C)C)CC(NC(=O)OC(C)(C)C)C3)n2)cc1. The molecule has 42 heavy (non-hydrogen) atoms. The zero-order valence-corrected chi connectivity index (χ0v) is 25.3. The lowest BCUT2D eigenvalue weighted by molar-refractivity contribution is 0.0476. The summed E-state index contributed by atoms with van der Waals surface area (Å²) >= 11 is 0. The van der Waals surface area contributed by atoms with Gasteiger partial charge in [0.25, 0.3) is 0 Å². The maximum absolute atomic E-state index is 12.7. The number of aromatic nitrogens is 3. The van der Waals surface area contributed by atoms with Gasteiger partial charge in [-0.15, -0.1) is 0 Å². The van der Waals surface area contributed by atoms with Crippen LogP contribution in [0.1, 0.15) is 48.0 Å². The van der Waals surface area contributed by atoms with Gasteiger partial charge in [0, 0.05) is 36.6 Å². The van der Waals surface area contributed by atoms with Crippen LogP contribution in [0.25, 0.3) is 22.5 Å². The Balaban J connectivity index is 1.69. The summed E-state index contributed by atoms with van der Waals surface area (Å²) in [6, 6.07) is 12.6. The number of hydrogen-bond acceptors (Lipinski definition) is 9. The molecule has 0 aliphatic carbocycles. The quantitative estimate of drug-likeness (QED) is 0.406. The molecular weight excluding hydrogens is 536 g/mol. The number of amides is 2. The third-order valence-electron chi connectivity index (χ3n) is 6.25. The van der Waals surface area contributed by atoms with E-state index in [2.05, 4.69) is 15.6 Å². The lowest BCUT2D eigenvalue weighted by atomic mass is 10.0. The van der Waals surface area contributed by atoms with E-state index in [1.54, 1.807) is 19.5 Å². The van der Waals surface area contributed by atoms with Crippen molar-refractivity contribution in [1.29, 1.82) is 0 Å². The third-order valence-corrected chi connectivity index (χ3v) is 6.25. The van der Waals surface area contributed by atoms with E-state index in [4.69, 9.17) is 24.2 Å². The highest BCUT2D eigenvalue weighted by atomic mass is 16.6. The van der Waals surface area contributed by atoms with Gasteiger partial charge in [-0.2, -0.15) is 0 Å². The van der Waals surface area contributed by atoms with E-state index in [1.165, 1.54) is 0 Å². The van der Waals surface area contributed by atoms with E-state index >= 15 is 0 Å². The molecule has 224 valence electrons. The van der Waals surface area contributed by atoms with Crippen LogP contribution < -0.4 is 20.3 Å². The van der Waals surface area contributed by atoms with Gasteiger partial charge < -0.3 is 29.7 Å². The van der Waals surface area contributed by atoms with E-state index in [9.17, 15) is 9.59 Å². The zero-order valence-electron chi connectivity index (χ0n) is 25.3. The fraction of sp³-hybridized carbons (Fsp3) is 0.452. The lowest BCUT2D eigenvalue weighted by Gasteiger charge is -2.38. The molecule has 2 aromatic heterocycles. The van der Waals surface area contributed by atoms with Crippen molar-refractivity contribution in [2.45, 2.75) is 71.2 Å². The predicted octanol–water partition coefficient (Wildman–Crippen LogP) is 5.21. The number of nitrogens with zero attached hydrogens (tertiary/aromatic N) is 4. The maximum Gasteiger partial charge on any atom is 0.407 e. The number of anilines is 1. The summed E-state index contributed by atoms with van der Waals surface area (Å²) in [6.45, 7) is 11.7. The van der Waals surface area contributed by atoms with Crippen molar-refractivity contribution in [1.82, 2.24) is 25.6 Å². The Morgan fingerprint density at radius 2 is 1.26 bits per heavy atom. The standard InChI is InChI=1S/C31H40N6O5/c1-30(2,3)41-28(38)33-22-16-23(34-29(39)42-31(4,5)6)19-37(18-22)27-35-25(20-8-10-24(40-7)11-9-20)17-26(36-27)21-12-14-32-15-13-21/h8-15,17,22-23H,16,18-19H2,1-7H3,(H,33,38)(H,34,39). The molecule has 1 aromatic carbocycles. The molecule has 3 aromatic rings. The first-order chi connectivity index (χ1) is 19.8. The normalized spacial score (nSPS) is 17.3. The molecule has 4 rings (SSSR count). The number of carbonyl (C=O) groups is 2. The summed E-state index contributed by atoms with van der Waals surface area (Å²) in [6.07, 6.45) is 2.84. The number of rotatable bonds is 6. The van der Waals surface area contributed by atoms with E-state index in [1.807, 2.05) is 88.9 Å². The van der Waals surface area contributed by atoms with Crippen molar-refractivity contribution in [2.24, 2.45) is 0 Å². The summed E-state index contributed by atoms with van der Waals surface area (Å²) in [5.74, 6) is 1.20. The Morgan fingerprint density at radius 3 is 1.71 bits per heavy atom. The van der Waals surface area contributed by atoms with Gasteiger partial charge in [0.05, 0.1) is 30.6 Å². The fourth-order valence-electron chi connectivity index (χ4n) is 4.58. The molecule has 11 nitrogen and oxygen atoms in total. The summed E-state index contributed by atoms with van der Waals surface area (Å²) in [7, 11) is 1.62. The van der Waals surface area contributed by atoms with Crippen molar-refractivity contribution in [3.05, 3.63) is 54.9 Å². The topological polar surface area (TPSA) is 128 Å². The molecule has 1 fully saturated rings. The Kier molecular flexibility index (Phi) is 9.18. The minimum Gasteiger partial charge on any atom is -0.497 e. The van der Waals surface area contributed by atoms with Gasteiger partial charge in [-0.1, -0.05) is 0 Å². The molecule has 0 saturated carbocycles. The summed E-state index contributed by atoms with van der Waals surface area (Å²) in [4.78, 5) is 41.3. The second kappa shape index (κ2) is 12.6. The van der Waals surface area contributed by atoms with Crippen LogP contribution >= 0.6 is 0 Å². The number of alkyl carbamates (subject to hydrolysis) is 2. The summed E-state index contributed by atoms with van der Waals surface area (Å²) in [5, 5.41) is 5.92. The second-order valence-electron chi connectivity index (χ2n) is 12.2. The Labute approximate surface area is 247 Å². The minimum absolute atomic E-state index is 0.355. The van der Waals surface area contributed by atoms with Crippen LogP contribution in [0.4, 0.5) is 15.5 Å². The Morgan fingerprint density at radius 1 is 0.786 bits per heavy atom. The van der Waals surface area contributed by atoms with Crippen molar-refractivity contribution in [2.75, 3.05) is 25.1 Å². The van der Waals surface area contributed by atoms with Crippen molar-refractivity contribution < 1.29 is 23.8 Å². The number of ether oxygens (including phenoxy) is 3. The third kappa shape index (κ3) is 8.79. The molecule has 1 aliphatic heterocycles. The van der Waals surface area contributed by atoms with Crippen LogP contribution in [0.3, 0.4) is 0 Å². The molecule has 3 heterocycles. The molecule has 2 N–H and O–H groups in total. The number of methoxy groups -OCH3 is 1. The van der Waals surface area contributed by atoms with Gasteiger partial charge in [0.15, 0.2) is 0 Å². The molecule has 2 unspecified atom stereocenters. The first-order valence-electron chi connectivity index (χ1n) is 14.0. The number of benzene rings is 1. The van der Waals surface area contributed by atoms with Crippen LogP contribution in [0.5, 0.6) is 5.75 Å². The van der Waals surface area contributed by atoms with Crippen molar-refractivity contribution >= 4 is 18.1 Å². The average molecular weight is 577 g/mol. The number of pyridine rings is 1. The Hall–Kier alpha value is -4.41. The summed E-state index contributed by atoms with van der Waals surface area (Å²) in [5.41, 5.74) is 1.90. The van der Waals surface area contributed by atoms with Gasteiger partial charge in [0.1, 0.15) is 17.0 Å². The van der Waals surface area contributed by atoms with Gasteiger partial charge >= 0.3 is 12.2 Å². The lowest BCUT2D eigenvalue weighted by Crippen LogP contribution is -2.58.